The van der Waals surface area contributed by atoms with Gasteiger partial charge in [-0.1, -0.05) is 43.2 Å². The van der Waals surface area contributed by atoms with Crippen LogP contribution in [0, 0.1) is 5.92 Å². The van der Waals surface area contributed by atoms with Crippen molar-refractivity contribution in [3.8, 4) is 0 Å². The predicted molar refractivity (Wildman–Crippen MR) is 69.9 cm³/mol. The Balaban J connectivity index is 2.03. The number of carbonyl (C=O) groups is 2. The van der Waals surface area contributed by atoms with Crippen LogP contribution in [0.15, 0.2) is 0 Å². The van der Waals surface area contributed by atoms with Gasteiger partial charge < -0.3 is 5.11 Å². The zero-order valence-electron chi connectivity index (χ0n) is 9.42. The van der Waals surface area contributed by atoms with Crippen molar-refractivity contribution in [2.75, 3.05) is 6.54 Å². The molecule has 0 aromatic carbocycles. The molecule has 17 heavy (non-hydrogen) atoms. The van der Waals surface area contributed by atoms with E-state index in [-0.39, 0.29) is 17.7 Å². The smallest absolute Gasteiger partial charge is 0.323 e. The molecule has 0 radical (unpaired) electrons. The van der Waals surface area contributed by atoms with Crippen molar-refractivity contribution < 1.29 is 14.7 Å². The van der Waals surface area contributed by atoms with Crippen LogP contribution in [0.1, 0.15) is 32.1 Å². The number of carbonyl (C=O) groups excluding carboxylic acids is 1. The number of rotatable bonds is 3. The predicted octanol–water partition coefficient (Wildman–Crippen LogP) is 1.88. The number of carboxylic acid groups (broad SMARTS) is 1. The maximum atomic E-state index is 12.1. The number of thiocarbonyl (C=S) groups is 1. The lowest BCUT2D eigenvalue weighted by Gasteiger charge is -2.25. The zero-order valence-corrected chi connectivity index (χ0v) is 11.1. The summed E-state index contributed by atoms with van der Waals surface area (Å²) in [6.45, 7) is -0.298. The van der Waals surface area contributed by atoms with Crippen molar-refractivity contribution in [3.05, 3.63) is 0 Å². The van der Waals surface area contributed by atoms with Crippen LogP contribution < -0.4 is 0 Å². The highest BCUT2D eigenvalue weighted by Gasteiger charge is 2.42. The summed E-state index contributed by atoms with van der Waals surface area (Å²) in [5, 5.41) is 8.61. The van der Waals surface area contributed by atoms with Gasteiger partial charge in [-0.2, -0.15) is 0 Å². The van der Waals surface area contributed by atoms with E-state index in [1.165, 1.54) is 35.9 Å². The standard InChI is InChI=1S/C11H15NO3S2/c13-8(14)6-12-10(15)9(17-11(12)16)7-4-2-1-3-5-7/h7,9H,1-6H2,(H,13,14). The Hall–Kier alpha value is -0.620. The van der Waals surface area contributed by atoms with Gasteiger partial charge >= 0.3 is 5.97 Å². The molecule has 2 rings (SSSR count). The highest BCUT2D eigenvalue weighted by Crippen LogP contribution is 2.38. The number of hydrogen-bond donors (Lipinski definition) is 1. The van der Waals surface area contributed by atoms with Gasteiger partial charge in [-0.15, -0.1) is 0 Å². The zero-order chi connectivity index (χ0) is 12.4. The van der Waals surface area contributed by atoms with Gasteiger partial charge in [0.1, 0.15) is 10.9 Å². The van der Waals surface area contributed by atoms with Crippen LogP contribution in [-0.2, 0) is 9.59 Å². The molecule has 1 aliphatic carbocycles. The van der Waals surface area contributed by atoms with E-state index in [1.807, 2.05) is 0 Å². The lowest BCUT2D eigenvalue weighted by atomic mass is 9.86. The molecule has 94 valence electrons. The summed E-state index contributed by atoms with van der Waals surface area (Å²) in [6.07, 6.45) is 5.70. The maximum Gasteiger partial charge on any atom is 0.323 e. The van der Waals surface area contributed by atoms with E-state index < -0.39 is 5.97 Å². The van der Waals surface area contributed by atoms with E-state index in [0.29, 0.717) is 10.2 Å². The van der Waals surface area contributed by atoms with Crippen molar-refractivity contribution in [2.45, 2.75) is 37.4 Å². The van der Waals surface area contributed by atoms with E-state index in [2.05, 4.69) is 0 Å². The van der Waals surface area contributed by atoms with Gasteiger partial charge in [0.15, 0.2) is 0 Å². The quantitative estimate of drug-likeness (QED) is 0.796. The van der Waals surface area contributed by atoms with Crippen molar-refractivity contribution in [1.82, 2.24) is 4.90 Å². The minimum atomic E-state index is -1.01. The Morgan fingerprint density at radius 2 is 2.06 bits per heavy atom. The summed E-state index contributed by atoms with van der Waals surface area (Å²) in [4.78, 5) is 24.0. The fraction of sp³-hybridized carbons (Fsp3) is 0.727. The molecule has 2 fully saturated rings. The molecule has 0 spiro atoms. The van der Waals surface area contributed by atoms with Crippen molar-refractivity contribution >= 4 is 40.2 Å². The van der Waals surface area contributed by atoms with E-state index >= 15 is 0 Å². The van der Waals surface area contributed by atoms with Gasteiger partial charge in [0.05, 0.1) is 5.25 Å². The molecule has 0 aromatic rings. The molecular formula is C11H15NO3S2. The molecule has 6 heteroatoms. The summed E-state index contributed by atoms with van der Waals surface area (Å²) < 4.78 is 0.424. The maximum absolute atomic E-state index is 12.1. The second-order valence-corrected chi connectivity index (χ2v) is 6.30. The van der Waals surface area contributed by atoms with Crippen LogP contribution >= 0.6 is 24.0 Å². The Labute approximate surface area is 110 Å². The molecule has 1 saturated heterocycles. The third-order valence-electron chi connectivity index (χ3n) is 3.33. The number of aliphatic carboxylic acids is 1. The Kier molecular flexibility index (Phi) is 4.04. The first-order chi connectivity index (χ1) is 8.09. The average Bonchev–Trinajstić information content (AvgIpc) is 2.58. The van der Waals surface area contributed by atoms with E-state index in [1.54, 1.807) is 0 Å². The van der Waals surface area contributed by atoms with Crippen LogP contribution in [0.3, 0.4) is 0 Å². The number of carboxylic acids is 1. The lowest BCUT2D eigenvalue weighted by Crippen LogP contribution is -2.38. The van der Waals surface area contributed by atoms with Crippen molar-refractivity contribution in [3.63, 3.8) is 0 Å². The SMILES string of the molecule is O=C(O)CN1C(=O)C(C2CCCCC2)SC1=S. The van der Waals surface area contributed by atoms with Crippen LogP contribution in [0.4, 0.5) is 0 Å². The minimum Gasteiger partial charge on any atom is -0.480 e. The molecule has 4 nitrogen and oxygen atoms in total. The highest BCUT2D eigenvalue weighted by atomic mass is 32.2. The molecule has 2 aliphatic rings. The largest absolute Gasteiger partial charge is 0.480 e. The molecule has 1 aliphatic heterocycles. The van der Waals surface area contributed by atoms with Gasteiger partial charge in [0.2, 0.25) is 5.91 Å². The molecule has 1 heterocycles. The number of thioether (sulfide) groups is 1. The molecule has 0 aromatic heterocycles. The summed E-state index contributed by atoms with van der Waals surface area (Å²) in [7, 11) is 0. The number of amides is 1. The normalized spacial score (nSPS) is 26.6. The van der Waals surface area contributed by atoms with Crippen molar-refractivity contribution in [2.24, 2.45) is 5.92 Å². The first-order valence-electron chi connectivity index (χ1n) is 5.83. The number of nitrogens with zero attached hydrogens (tertiary/aromatic N) is 1. The van der Waals surface area contributed by atoms with Crippen molar-refractivity contribution in [1.29, 1.82) is 0 Å². The molecule has 1 unspecified atom stereocenters. The summed E-state index contributed by atoms with van der Waals surface area (Å²) >= 11 is 6.46. The van der Waals surface area contributed by atoms with E-state index in [4.69, 9.17) is 17.3 Å². The first-order valence-corrected chi connectivity index (χ1v) is 7.12. The Morgan fingerprint density at radius 3 is 2.65 bits per heavy atom. The minimum absolute atomic E-state index is 0.102. The Bertz CT molecular complexity index is 353. The molecule has 1 N–H and O–H groups in total. The Morgan fingerprint density at radius 1 is 1.41 bits per heavy atom. The van der Waals surface area contributed by atoms with Gasteiger partial charge in [-0.3, -0.25) is 14.5 Å². The fourth-order valence-corrected chi connectivity index (χ4v) is 4.14. The average molecular weight is 273 g/mol. The topological polar surface area (TPSA) is 57.6 Å². The van der Waals surface area contributed by atoms with Gasteiger partial charge in [-0.05, 0) is 18.8 Å². The number of hydrogen-bond acceptors (Lipinski definition) is 4. The fourth-order valence-electron chi connectivity index (χ4n) is 2.48. The second-order valence-electron chi connectivity index (χ2n) is 4.52. The summed E-state index contributed by atoms with van der Waals surface area (Å²) in [5.74, 6) is -0.738. The van der Waals surface area contributed by atoms with Gasteiger partial charge in [0.25, 0.3) is 0 Å². The monoisotopic (exact) mass is 273 g/mol. The van der Waals surface area contributed by atoms with E-state index in [0.717, 1.165) is 12.8 Å². The van der Waals surface area contributed by atoms with E-state index in [9.17, 15) is 9.59 Å². The second kappa shape index (κ2) is 5.35. The van der Waals surface area contributed by atoms with Crippen LogP contribution in [0.25, 0.3) is 0 Å². The summed E-state index contributed by atoms with van der Waals surface area (Å²) in [5.41, 5.74) is 0. The highest BCUT2D eigenvalue weighted by molar-refractivity contribution is 8.24. The first kappa shape index (κ1) is 12.8. The molecular weight excluding hydrogens is 258 g/mol. The lowest BCUT2D eigenvalue weighted by molar-refractivity contribution is -0.141. The third kappa shape index (κ3) is 2.80. The van der Waals surface area contributed by atoms with Gasteiger partial charge in [-0.25, -0.2) is 0 Å². The van der Waals surface area contributed by atoms with Crippen LogP contribution in [0.2, 0.25) is 0 Å². The summed E-state index contributed by atoms with van der Waals surface area (Å²) in [6, 6.07) is 0. The molecule has 1 amide bonds. The van der Waals surface area contributed by atoms with Crippen LogP contribution in [0.5, 0.6) is 0 Å². The molecule has 0 bridgehead atoms. The third-order valence-corrected chi connectivity index (χ3v) is 5.10. The van der Waals surface area contributed by atoms with Gasteiger partial charge in [0, 0.05) is 0 Å². The molecule has 1 atom stereocenters. The van der Waals surface area contributed by atoms with Crippen LogP contribution in [-0.4, -0.2) is 38.0 Å². The molecule has 1 saturated carbocycles.